The van der Waals surface area contributed by atoms with Gasteiger partial charge in [0, 0.05) is 0 Å². The smallest absolute Gasteiger partial charge is 0.0844 e. The third-order valence-corrected chi connectivity index (χ3v) is 7.63. The van der Waals surface area contributed by atoms with Gasteiger partial charge in [-0.25, -0.2) is 0 Å². The first-order valence-electron chi connectivity index (χ1n) is 11.1. The van der Waals surface area contributed by atoms with Gasteiger partial charge in [0.25, 0.3) is 0 Å². The second kappa shape index (κ2) is 9.60. The Morgan fingerprint density at radius 1 is 0.958 bits per heavy atom. The van der Waals surface area contributed by atoms with Crippen LogP contribution in [0.2, 0.25) is 0 Å². The Morgan fingerprint density at radius 2 is 1.67 bits per heavy atom. The van der Waals surface area contributed by atoms with E-state index in [0.29, 0.717) is 17.6 Å². The number of hydrogen-bond acceptors (Lipinski definition) is 1. The van der Waals surface area contributed by atoms with Crippen LogP contribution >= 0.6 is 0 Å². The van der Waals surface area contributed by atoms with Crippen LogP contribution in [0.15, 0.2) is 0 Å². The van der Waals surface area contributed by atoms with E-state index in [-0.39, 0.29) is 0 Å². The van der Waals surface area contributed by atoms with Gasteiger partial charge in [0.2, 0.25) is 0 Å². The molecule has 2 rings (SSSR count). The van der Waals surface area contributed by atoms with Crippen molar-refractivity contribution in [2.24, 2.45) is 23.2 Å². The SMILES string of the molecule is CCCCCCCCC(C)(C(C)C)C(C)CCC1CCC2OC2C1. The Hall–Kier alpha value is -0.0400. The largest absolute Gasteiger partial charge is 0.370 e. The molecule has 5 unspecified atom stereocenters. The van der Waals surface area contributed by atoms with Crippen molar-refractivity contribution in [3.05, 3.63) is 0 Å². The Balaban J connectivity index is 1.70. The number of rotatable bonds is 12. The van der Waals surface area contributed by atoms with Crippen LogP contribution in [-0.4, -0.2) is 12.2 Å². The van der Waals surface area contributed by atoms with Gasteiger partial charge in [-0.15, -0.1) is 0 Å². The monoisotopic (exact) mass is 336 g/mol. The molecule has 1 saturated heterocycles. The van der Waals surface area contributed by atoms with Gasteiger partial charge in [0.15, 0.2) is 0 Å². The number of unbranched alkanes of at least 4 members (excludes halogenated alkanes) is 5. The van der Waals surface area contributed by atoms with E-state index in [2.05, 4.69) is 34.6 Å². The summed E-state index contributed by atoms with van der Waals surface area (Å²) in [6, 6.07) is 0. The zero-order valence-electron chi connectivity index (χ0n) is 17.3. The first-order chi connectivity index (χ1) is 11.5. The topological polar surface area (TPSA) is 12.5 Å². The molecule has 0 radical (unpaired) electrons. The van der Waals surface area contributed by atoms with Crippen molar-refractivity contribution >= 4 is 0 Å². The lowest BCUT2D eigenvalue weighted by Gasteiger charge is -2.41. The second-order valence-electron chi connectivity index (χ2n) is 9.55. The molecule has 0 N–H and O–H groups in total. The Labute approximate surface area is 152 Å². The fraction of sp³-hybridized carbons (Fsp3) is 1.00. The van der Waals surface area contributed by atoms with E-state index in [4.69, 9.17) is 4.74 Å². The fourth-order valence-corrected chi connectivity index (χ4v) is 4.95. The second-order valence-corrected chi connectivity index (χ2v) is 9.55. The third kappa shape index (κ3) is 5.75. The molecule has 0 aromatic carbocycles. The highest BCUT2D eigenvalue weighted by Gasteiger charge is 2.44. The maximum atomic E-state index is 5.71. The van der Waals surface area contributed by atoms with Crippen molar-refractivity contribution < 1.29 is 4.74 Å². The van der Waals surface area contributed by atoms with Crippen LogP contribution in [0.25, 0.3) is 0 Å². The molecule has 142 valence electrons. The number of ether oxygens (including phenoxy) is 1. The van der Waals surface area contributed by atoms with Crippen LogP contribution in [0.3, 0.4) is 0 Å². The summed E-state index contributed by atoms with van der Waals surface area (Å²) in [5.41, 5.74) is 0.526. The molecule has 1 aliphatic carbocycles. The Kier molecular flexibility index (Phi) is 8.11. The quantitative estimate of drug-likeness (QED) is 0.267. The molecule has 1 aliphatic heterocycles. The molecule has 5 atom stereocenters. The van der Waals surface area contributed by atoms with Gasteiger partial charge in [-0.3, -0.25) is 0 Å². The van der Waals surface area contributed by atoms with Crippen molar-refractivity contribution in [3.8, 4) is 0 Å². The van der Waals surface area contributed by atoms with Gasteiger partial charge in [-0.2, -0.15) is 0 Å². The summed E-state index contributed by atoms with van der Waals surface area (Å²) in [5, 5.41) is 0. The Bertz CT molecular complexity index is 350. The highest BCUT2D eigenvalue weighted by molar-refractivity contribution is 4.92. The lowest BCUT2D eigenvalue weighted by atomic mass is 9.65. The van der Waals surface area contributed by atoms with E-state index in [0.717, 1.165) is 17.8 Å². The molecule has 0 aromatic rings. The number of hydrogen-bond donors (Lipinski definition) is 0. The predicted molar refractivity (Wildman–Crippen MR) is 105 cm³/mol. The van der Waals surface area contributed by atoms with Gasteiger partial charge < -0.3 is 4.74 Å². The normalized spacial score (nSPS) is 30.0. The van der Waals surface area contributed by atoms with Crippen molar-refractivity contribution in [2.45, 2.75) is 124 Å². The van der Waals surface area contributed by atoms with Crippen molar-refractivity contribution in [1.29, 1.82) is 0 Å². The average molecular weight is 337 g/mol. The molecular weight excluding hydrogens is 292 g/mol. The van der Waals surface area contributed by atoms with Crippen LogP contribution in [0, 0.1) is 23.2 Å². The molecule has 0 aromatic heterocycles. The first kappa shape index (κ1) is 20.3. The summed E-state index contributed by atoms with van der Waals surface area (Å²) >= 11 is 0. The van der Waals surface area contributed by atoms with E-state index in [1.165, 1.54) is 77.0 Å². The van der Waals surface area contributed by atoms with Crippen LogP contribution in [-0.2, 0) is 4.74 Å². The molecule has 2 fully saturated rings. The molecule has 24 heavy (non-hydrogen) atoms. The Morgan fingerprint density at radius 3 is 2.33 bits per heavy atom. The molecule has 0 bridgehead atoms. The molecule has 1 heterocycles. The van der Waals surface area contributed by atoms with Gasteiger partial charge in [0.1, 0.15) is 0 Å². The van der Waals surface area contributed by atoms with Gasteiger partial charge in [0.05, 0.1) is 12.2 Å². The summed E-state index contributed by atoms with van der Waals surface area (Å²) in [6.45, 7) is 12.3. The summed E-state index contributed by atoms with van der Waals surface area (Å²) in [6.07, 6.45) is 18.2. The highest BCUT2D eigenvalue weighted by atomic mass is 16.6. The van der Waals surface area contributed by atoms with E-state index in [9.17, 15) is 0 Å². The maximum absolute atomic E-state index is 5.71. The first-order valence-corrected chi connectivity index (χ1v) is 11.1. The third-order valence-electron chi connectivity index (χ3n) is 7.63. The minimum absolute atomic E-state index is 0.526. The summed E-state index contributed by atoms with van der Waals surface area (Å²) in [4.78, 5) is 0. The van der Waals surface area contributed by atoms with Crippen molar-refractivity contribution in [1.82, 2.24) is 0 Å². The molecular formula is C23H44O. The molecule has 1 heteroatoms. The van der Waals surface area contributed by atoms with Crippen LogP contribution in [0.1, 0.15) is 112 Å². The minimum Gasteiger partial charge on any atom is -0.370 e. The van der Waals surface area contributed by atoms with Crippen LogP contribution in [0.4, 0.5) is 0 Å². The summed E-state index contributed by atoms with van der Waals surface area (Å²) in [5.74, 6) is 2.60. The summed E-state index contributed by atoms with van der Waals surface area (Å²) < 4.78 is 5.71. The van der Waals surface area contributed by atoms with Gasteiger partial charge in [-0.1, -0.05) is 79.6 Å². The van der Waals surface area contributed by atoms with Gasteiger partial charge >= 0.3 is 0 Å². The van der Waals surface area contributed by atoms with E-state index < -0.39 is 0 Å². The van der Waals surface area contributed by atoms with E-state index >= 15 is 0 Å². The van der Waals surface area contributed by atoms with Gasteiger partial charge in [-0.05, 0) is 55.3 Å². The lowest BCUT2D eigenvalue weighted by Crippen LogP contribution is -2.32. The zero-order chi connectivity index (χ0) is 17.6. The molecule has 2 aliphatic rings. The molecule has 0 spiro atoms. The zero-order valence-corrected chi connectivity index (χ0v) is 17.3. The van der Waals surface area contributed by atoms with Crippen LogP contribution in [0.5, 0.6) is 0 Å². The molecule has 1 saturated carbocycles. The van der Waals surface area contributed by atoms with E-state index in [1.807, 2.05) is 0 Å². The molecule has 0 amide bonds. The predicted octanol–water partition coefficient (Wildman–Crippen LogP) is 7.38. The highest BCUT2D eigenvalue weighted by Crippen LogP contribution is 2.45. The van der Waals surface area contributed by atoms with E-state index in [1.54, 1.807) is 0 Å². The van der Waals surface area contributed by atoms with Crippen molar-refractivity contribution in [3.63, 3.8) is 0 Å². The molecule has 1 nitrogen and oxygen atoms in total. The van der Waals surface area contributed by atoms with Crippen molar-refractivity contribution in [2.75, 3.05) is 0 Å². The van der Waals surface area contributed by atoms with Crippen LogP contribution < -0.4 is 0 Å². The number of fused-ring (bicyclic) bond motifs is 1. The fourth-order valence-electron chi connectivity index (χ4n) is 4.95. The maximum Gasteiger partial charge on any atom is 0.0844 e. The number of epoxide rings is 1. The average Bonchev–Trinajstić information content (AvgIpc) is 3.34. The minimum atomic E-state index is 0.526. The summed E-state index contributed by atoms with van der Waals surface area (Å²) in [7, 11) is 0. The standard InChI is InChI=1S/C23H44O/c1-6-7-8-9-10-11-16-23(5,18(2)3)19(4)12-13-20-14-15-21-22(17-20)24-21/h18-22H,6-17H2,1-5H3. The lowest BCUT2D eigenvalue weighted by molar-refractivity contribution is 0.0937.